The van der Waals surface area contributed by atoms with E-state index in [4.69, 9.17) is 5.11 Å². The maximum Gasteiger partial charge on any atom is 0.251 e. The lowest BCUT2D eigenvalue weighted by molar-refractivity contribution is 0.0945. The van der Waals surface area contributed by atoms with Crippen LogP contribution >= 0.6 is 0 Å². The molecule has 1 aromatic rings. The van der Waals surface area contributed by atoms with Gasteiger partial charge in [0, 0.05) is 23.8 Å². The van der Waals surface area contributed by atoms with E-state index in [0.29, 0.717) is 18.2 Å². The maximum atomic E-state index is 11.7. The Morgan fingerprint density at radius 2 is 2.05 bits per heavy atom. The van der Waals surface area contributed by atoms with E-state index in [1.54, 1.807) is 0 Å². The molecule has 2 rings (SSSR count). The number of carbonyl (C=O) groups is 1. The largest absolute Gasteiger partial charge is 0.395 e. The predicted octanol–water partition coefficient (Wildman–Crippen LogP) is 2.01. The standard InChI is InChI=1S/C15H22N2O2/c1-2-14(11-3-4-11)17-13-7-5-12(6-8-13)15(19)16-9-10-18/h5-8,11,14,17-18H,2-4,9-10H2,1H3,(H,16,19). The van der Waals surface area contributed by atoms with Crippen molar-refractivity contribution >= 4 is 11.6 Å². The lowest BCUT2D eigenvalue weighted by atomic mass is 10.1. The number of nitrogens with one attached hydrogen (secondary N) is 2. The van der Waals surface area contributed by atoms with Crippen molar-refractivity contribution in [1.82, 2.24) is 5.32 Å². The number of amides is 1. The van der Waals surface area contributed by atoms with Crippen LogP contribution in [0.3, 0.4) is 0 Å². The van der Waals surface area contributed by atoms with Crippen LogP contribution in [-0.2, 0) is 0 Å². The summed E-state index contributed by atoms with van der Waals surface area (Å²) in [6.45, 7) is 2.45. The molecule has 1 aliphatic rings. The quantitative estimate of drug-likeness (QED) is 0.704. The fourth-order valence-electron chi connectivity index (χ4n) is 2.26. The molecule has 3 N–H and O–H groups in total. The molecule has 0 bridgehead atoms. The summed E-state index contributed by atoms with van der Waals surface area (Å²) in [6.07, 6.45) is 3.78. The highest BCUT2D eigenvalue weighted by Crippen LogP contribution is 2.35. The number of rotatable bonds is 7. The van der Waals surface area contributed by atoms with Gasteiger partial charge < -0.3 is 15.7 Å². The molecule has 104 valence electrons. The summed E-state index contributed by atoms with van der Waals surface area (Å²) in [7, 11) is 0. The number of carbonyl (C=O) groups excluding carboxylic acids is 1. The van der Waals surface area contributed by atoms with E-state index in [9.17, 15) is 4.79 Å². The van der Waals surface area contributed by atoms with E-state index in [2.05, 4.69) is 17.6 Å². The molecular weight excluding hydrogens is 240 g/mol. The Kier molecular flexibility index (Phi) is 4.80. The first kappa shape index (κ1) is 13.9. The van der Waals surface area contributed by atoms with Crippen molar-refractivity contribution in [2.45, 2.75) is 32.2 Å². The summed E-state index contributed by atoms with van der Waals surface area (Å²) in [5.74, 6) is 0.673. The summed E-state index contributed by atoms with van der Waals surface area (Å²) in [4.78, 5) is 11.7. The predicted molar refractivity (Wildman–Crippen MR) is 76.3 cm³/mol. The van der Waals surface area contributed by atoms with Gasteiger partial charge in [-0.2, -0.15) is 0 Å². The van der Waals surface area contributed by atoms with E-state index in [0.717, 1.165) is 18.0 Å². The Labute approximate surface area is 114 Å². The smallest absolute Gasteiger partial charge is 0.251 e. The Balaban J connectivity index is 1.91. The maximum absolute atomic E-state index is 11.7. The monoisotopic (exact) mass is 262 g/mol. The Morgan fingerprint density at radius 3 is 2.58 bits per heavy atom. The number of aliphatic hydroxyl groups excluding tert-OH is 1. The number of anilines is 1. The van der Waals surface area contributed by atoms with Gasteiger partial charge in [0.05, 0.1) is 6.61 Å². The number of hydrogen-bond donors (Lipinski definition) is 3. The van der Waals surface area contributed by atoms with Gasteiger partial charge in [0.25, 0.3) is 5.91 Å². The van der Waals surface area contributed by atoms with Gasteiger partial charge in [0.2, 0.25) is 0 Å². The van der Waals surface area contributed by atoms with E-state index < -0.39 is 0 Å². The van der Waals surface area contributed by atoms with Crippen LogP contribution in [0.15, 0.2) is 24.3 Å². The Hall–Kier alpha value is -1.55. The molecule has 1 aromatic carbocycles. The molecule has 1 amide bonds. The third-order valence-corrected chi connectivity index (χ3v) is 3.53. The van der Waals surface area contributed by atoms with E-state index in [1.165, 1.54) is 12.8 Å². The molecule has 0 saturated heterocycles. The highest BCUT2D eigenvalue weighted by Gasteiger charge is 2.29. The lowest BCUT2D eigenvalue weighted by Gasteiger charge is -2.17. The average Bonchev–Trinajstić information content (AvgIpc) is 3.27. The van der Waals surface area contributed by atoms with Gasteiger partial charge >= 0.3 is 0 Å². The van der Waals surface area contributed by atoms with Crippen molar-refractivity contribution in [2.75, 3.05) is 18.5 Å². The van der Waals surface area contributed by atoms with Crippen molar-refractivity contribution in [3.63, 3.8) is 0 Å². The van der Waals surface area contributed by atoms with Gasteiger partial charge in [0.1, 0.15) is 0 Å². The van der Waals surface area contributed by atoms with Crippen LogP contribution in [0.25, 0.3) is 0 Å². The van der Waals surface area contributed by atoms with Gasteiger partial charge in [-0.1, -0.05) is 6.92 Å². The van der Waals surface area contributed by atoms with Gasteiger partial charge in [-0.3, -0.25) is 4.79 Å². The molecule has 1 atom stereocenters. The molecule has 0 aromatic heterocycles. The zero-order valence-electron chi connectivity index (χ0n) is 11.4. The molecule has 0 heterocycles. The molecule has 4 nitrogen and oxygen atoms in total. The fraction of sp³-hybridized carbons (Fsp3) is 0.533. The third kappa shape index (κ3) is 3.96. The second-order valence-electron chi connectivity index (χ2n) is 5.05. The Morgan fingerprint density at radius 1 is 1.37 bits per heavy atom. The zero-order valence-corrected chi connectivity index (χ0v) is 11.4. The van der Waals surface area contributed by atoms with Crippen molar-refractivity contribution in [2.24, 2.45) is 5.92 Å². The number of aliphatic hydroxyl groups is 1. The van der Waals surface area contributed by atoms with Crippen LogP contribution in [0.5, 0.6) is 0 Å². The van der Waals surface area contributed by atoms with E-state index in [-0.39, 0.29) is 12.5 Å². The third-order valence-electron chi connectivity index (χ3n) is 3.53. The first-order valence-corrected chi connectivity index (χ1v) is 7.00. The molecule has 0 radical (unpaired) electrons. The van der Waals surface area contributed by atoms with Crippen molar-refractivity contribution in [1.29, 1.82) is 0 Å². The zero-order chi connectivity index (χ0) is 13.7. The molecule has 1 saturated carbocycles. The minimum absolute atomic E-state index is 0.0368. The molecule has 0 spiro atoms. The molecule has 4 heteroatoms. The second-order valence-corrected chi connectivity index (χ2v) is 5.05. The summed E-state index contributed by atoms with van der Waals surface area (Å²) < 4.78 is 0. The van der Waals surface area contributed by atoms with Crippen LogP contribution in [0, 0.1) is 5.92 Å². The first-order valence-electron chi connectivity index (χ1n) is 7.00. The van der Waals surface area contributed by atoms with Crippen molar-refractivity contribution < 1.29 is 9.90 Å². The second kappa shape index (κ2) is 6.57. The van der Waals surface area contributed by atoms with Crippen molar-refractivity contribution in [3.8, 4) is 0 Å². The summed E-state index contributed by atoms with van der Waals surface area (Å²) in [5.41, 5.74) is 1.69. The minimum Gasteiger partial charge on any atom is -0.395 e. The molecule has 1 aliphatic carbocycles. The average molecular weight is 262 g/mol. The van der Waals surface area contributed by atoms with E-state index in [1.807, 2.05) is 24.3 Å². The van der Waals surface area contributed by atoms with Gasteiger partial charge in [0.15, 0.2) is 0 Å². The van der Waals surface area contributed by atoms with Crippen LogP contribution in [0.1, 0.15) is 36.5 Å². The van der Waals surface area contributed by atoms with Crippen LogP contribution in [0.4, 0.5) is 5.69 Å². The van der Waals surface area contributed by atoms with E-state index >= 15 is 0 Å². The normalized spacial score (nSPS) is 15.9. The topological polar surface area (TPSA) is 61.4 Å². The number of hydrogen-bond acceptors (Lipinski definition) is 3. The van der Waals surface area contributed by atoms with Crippen LogP contribution in [0.2, 0.25) is 0 Å². The molecular formula is C15H22N2O2. The highest BCUT2D eigenvalue weighted by atomic mass is 16.3. The Bertz CT molecular complexity index is 413. The molecule has 1 fully saturated rings. The van der Waals surface area contributed by atoms with Gasteiger partial charge in [-0.25, -0.2) is 0 Å². The van der Waals surface area contributed by atoms with Gasteiger partial charge in [-0.05, 0) is 49.4 Å². The minimum atomic E-state index is -0.144. The molecule has 0 aliphatic heterocycles. The SMILES string of the molecule is CCC(Nc1ccc(C(=O)NCCO)cc1)C1CC1. The lowest BCUT2D eigenvalue weighted by Crippen LogP contribution is -2.26. The number of benzene rings is 1. The van der Waals surface area contributed by atoms with Gasteiger partial charge in [-0.15, -0.1) is 0 Å². The van der Waals surface area contributed by atoms with Crippen molar-refractivity contribution in [3.05, 3.63) is 29.8 Å². The summed E-state index contributed by atoms with van der Waals surface area (Å²) in [5, 5.41) is 14.8. The highest BCUT2D eigenvalue weighted by molar-refractivity contribution is 5.94. The summed E-state index contributed by atoms with van der Waals surface area (Å²) in [6, 6.07) is 8.07. The fourth-order valence-corrected chi connectivity index (χ4v) is 2.26. The summed E-state index contributed by atoms with van der Waals surface area (Å²) >= 11 is 0. The first-order chi connectivity index (χ1) is 9.24. The van der Waals surface area contributed by atoms with Crippen LogP contribution in [-0.4, -0.2) is 30.2 Å². The molecule has 1 unspecified atom stereocenters. The van der Waals surface area contributed by atoms with Crippen LogP contribution < -0.4 is 10.6 Å². The molecule has 19 heavy (non-hydrogen) atoms.